The highest BCUT2D eigenvalue weighted by atomic mass is 16.6. The standard InChI is InChI=1S/C22H30N6O4/c1-22(2,3)32-19(30)14-26-9-11-27(12-10-26)15-5-6-16-17(13-15)25(4)24-20(16)28-8-7-18(29)23-21(28)31/h5-6,13H,7-12,14H2,1-4H3,(H,23,29,31). The first-order chi connectivity index (χ1) is 15.1. The average molecular weight is 443 g/mol. The fourth-order valence-electron chi connectivity index (χ4n) is 4.11. The Morgan fingerprint density at radius 1 is 1.12 bits per heavy atom. The number of aromatic nitrogens is 2. The number of carbonyl (C=O) groups excluding carboxylic acids is 3. The molecule has 2 saturated heterocycles. The van der Waals surface area contributed by atoms with Gasteiger partial charge in [0.2, 0.25) is 5.91 Å². The number of amides is 3. The lowest BCUT2D eigenvalue weighted by atomic mass is 10.1. The fraction of sp³-hybridized carbons (Fsp3) is 0.545. The number of anilines is 2. The van der Waals surface area contributed by atoms with Crippen LogP contribution in [-0.4, -0.2) is 77.5 Å². The van der Waals surface area contributed by atoms with E-state index >= 15 is 0 Å². The van der Waals surface area contributed by atoms with E-state index in [0.29, 0.717) is 18.9 Å². The van der Waals surface area contributed by atoms with Crippen molar-refractivity contribution in [3.8, 4) is 0 Å². The van der Waals surface area contributed by atoms with Crippen molar-refractivity contribution in [1.82, 2.24) is 20.0 Å². The molecule has 2 fully saturated rings. The second-order valence-corrected chi connectivity index (χ2v) is 9.25. The summed E-state index contributed by atoms with van der Waals surface area (Å²) in [5, 5.41) is 7.75. The van der Waals surface area contributed by atoms with E-state index in [0.717, 1.165) is 42.8 Å². The van der Waals surface area contributed by atoms with Crippen molar-refractivity contribution in [2.24, 2.45) is 7.05 Å². The third-order valence-corrected chi connectivity index (χ3v) is 5.64. The zero-order chi connectivity index (χ0) is 23.0. The number of benzene rings is 1. The van der Waals surface area contributed by atoms with Crippen LogP contribution in [0.2, 0.25) is 0 Å². The number of ether oxygens (including phenoxy) is 1. The molecule has 0 saturated carbocycles. The summed E-state index contributed by atoms with van der Waals surface area (Å²) in [5.41, 5.74) is 1.52. The molecule has 10 heteroatoms. The third-order valence-electron chi connectivity index (χ3n) is 5.64. The van der Waals surface area contributed by atoms with Crippen LogP contribution >= 0.6 is 0 Å². The SMILES string of the molecule is Cn1nc(N2CCC(=O)NC2=O)c2ccc(N3CCN(CC(=O)OC(C)(C)C)CC3)cc21. The molecule has 1 aromatic carbocycles. The fourth-order valence-corrected chi connectivity index (χ4v) is 4.11. The second-order valence-electron chi connectivity index (χ2n) is 9.25. The van der Waals surface area contributed by atoms with E-state index in [1.54, 1.807) is 4.68 Å². The van der Waals surface area contributed by atoms with Crippen molar-refractivity contribution >= 4 is 40.3 Å². The molecular weight excluding hydrogens is 412 g/mol. The maximum Gasteiger partial charge on any atom is 0.329 e. The van der Waals surface area contributed by atoms with Crippen LogP contribution in [0.15, 0.2) is 18.2 Å². The first-order valence-electron chi connectivity index (χ1n) is 10.9. The Bertz CT molecular complexity index is 1050. The first kappa shape index (κ1) is 22.1. The lowest BCUT2D eigenvalue weighted by molar-refractivity contribution is -0.156. The van der Waals surface area contributed by atoms with Gasteiger partial charge in [0.15, 0.2) is 5.82 Å². The monoisotopic (exact) mass is 442 g/mol. The smallest absolute Gasteiger partial charge is 0.329 e. The molecule has 0 atom stereocenters. The highest BCUT2D eigenvalue weighted by Crippen LogP contribution is 2.30. The quantitative estimate of drug-likeness (QED) is 0.716. The van der Waals surface area contributed by atoms with Gasteiger partial charge in [-0.15, -0.1) is 0 Å². The van der Waals surface area contributed by atoms with Gasteiger partial charge in [0.1, 0.15) is 5.60 Å². The normalized spacial score (nSPS) is 18.2. The zero-order valence-corrected chi connectivity index (χ0v) is 19.1. The molecule has 1 aromatic heterocycles. The lowest BCUT2D eigenvalue weighted by Gasteiger charge is -2.36. The molecular formula is C22H30N6O4. The zero-order valence-electron chi connectivity index (χ0n) is 19.1. The highest BCUT2D eigenvalue weighted by Gasteiger charge is 2.28. The van der Waals surface area contributed by atoms with Gasteiger partial charge >= 0.3 is 12.0 Å². The molecule has 0 unspecified atom stereocenters. The van der Waals surface area contributed by atoms with Gasteiger partial charge < -0.3 is 9.64 Å². The van der Waals surface area contributed by atoms with Crippen LogP contribution in [0.1, 0.15) is 27.2 Å². The minimum absolute atomic E-state index is 0.196. The van der Waals surface area contributed by atoms with Crippen molar-refractivity contribution in [1.29, 1.82) is 0 Å². The van der Waals surface area contributed by atoms with E-state index in [1.807, 2.05) is 40.0 Å². The largest absolute Gasteiger partial charge is 0.459 e. The Morgan fingerprint density at radius 3 is 2.50 bits per heavy atom. The number of aryl methyl sites for hydroxylation is 1. The molecule has 32 heavy (non-hydrogen) atoms. The van der Waals surface area contributed by atoms with Gasteiger partial charge in [0.25, 0.3) is 0 Å². The number of esters is 1. The summed E-state index contributed by atoms with van der Waals surface area (Å²) < 4.78 is 7.18. The van der Waals surface area contributed by atoms with Gasteiger partial charge in [-0.25, -0.2) is 4.79 Å². The maximum atomic E-state index is 12.3. The highest BCUT2D eigenvalue weighted by molar-refractivity contribution is 6.09. The first-order valence-corrected chi connectivity index (χ1v) is 10.9. The summed E-state index contributed by atoms with van der Waals surface area (Å²) in [6, 6.07) is 5.64. The summed E-state index contributed by atoms with van der Waals surface area (Å²) in [6.07, 6.45) is 0.259. The molecule has 0 spiro atoms. The van der Waals surface area contributed by atoms with E-state index < -0.39 is 11.6 Å². The summed E-state index contributed by atoms with van der Waals surface area (Å²) in [6.45, 7) is 9.39. The Labute approximate surface area is 187 Å². The third kappa shape index (κ3) is 4.69. The van der Waals surface area contributed by atoms with Crippen molar-refractivity contribution < 1.29 is 19.1 Å². The number of nitrogens with zero attached hydrogens (tertiary/aromatic N) is 5. The Kier molecular flexibility index (Phi) is 5.81. The molecule has 3 amide bonds. The van der Waals surface area contributed by atoms with Crippen molar-refractivity contribution in [3.63, 3.8) is 0 Å². The molecule has 10 nitrogen and oxygen atoms in total. The number of piperazine rings is 1. The van der Waals surface area contributed by atoms with Crippen LogP contribution in [0.3, 0.4) is 0 Å². The summed E-state index contributed by atoms with van der Waals surface area (Å²) >= 11 is 0. The van der Waals surface area contributed by atoms with E-state index in [-0.39, 0.29) is 18.3 Å². The van der Waals surface area contributed by atoms with Gasteiger partial charge in [-0.1, -0.05) is 0 Å². The predicted octanol–water partition coefficient (Wildman–Crippen LogP) is 1.48. The van der Waals surface area contributed by atoms with Crippen LogP contribution in [0, 0.1) is 0 Å². The minimum atomic E-state index is -0.472. The number of fused-ring (bicyclic) bond motifs is 1. The van der Waals surface area contributed by atoms with E-state index in [2.05, 4.69) is 26.3 Å². The lowest BCUT2D eigenvalue weighted by Crippen LogP contribution is -2.49. The summed E-state index contributed by atoms with van der Waals surface area (Å²) in [7, 11) is 1.85. The van der Waals surface area contributed by atoms with Crippen molar-refractivity contribution in [2.75, 3.05) is 49.1 Å². The van der Waals surface area contributed by atoms with Gasteiger partial charge in [0.05, 0.1) is 12.1 Å². The van der Waals surface area contributed by atoms with E-state index in [4.69, 9.17) is 4.74 Å². The molecule has 172 valence electrons. The molecule has 0 bridgehead atoms. The molecule has 4 rings (SSSR count). The number of imide groups is 1. The average Bonchev–Trinajstić information content (AvgIpc) is 3.03. The van der Waals surface area contributed by atoms with Gasteiger partial charge in [-0.05, 0) is 39.0 Å². The van der Waals surface area contributed by atoms with Crippen LogP contribution in [0.25, 0.3) is 10.9 Å². The number of rotatable bonds is 4. The van der Waals surface area contributed by atoms with Crippen LogP contribution < -0.4 is 15.1 Å². The van der Waals surface area contributed by atoms with Crippen LogP contribution in [-0.2, 0) is 21.4 Å². The number of hydrogen-bond donors (Lipinski definition) is 1. The number of hydrogen-bond acceptors (Lipinski definition) is 7. The Hall–Kier alpha value is -3.14. The molecule has 2 aliphatic rings. The van der Waals surface area contributed by atoms with Crippen molar-refractivity contribution in [3.05, 3.63) is 18.2 Å². The number of nitrogens with one attached hydrogen (secondary N) is 1. The molecule has 0 aliphatic carbocycles. The van der Waals surface area contributed by atoms with E-state index in [1.165, 1.54) is 4.90 Å². The van der Waals surface area contributed by atoms with Crippen LogP contribution in [0.5, 0.6) is 0 Å². The summed E-state index contributed by atoms with van der Waals surface area (Å²) in [5.74, 6) is 0.0963. The van der Waals surface area contributed by atoms with Crippen molar-refractivity contribution in [2.45, 2.75) is 32.8 Å². The summed E-state index contributed by atoms with van der Waals surface area (Å²) in [4.78, 5) is 41.7. The van der Waals surface area contributed by atoms with Gasteiger partial charge in [-0.2, -0.15) is 5.10 Å². The Balaban J connectivity index is 1.44. The Morgan fingerprint density at radius 2 is 1.84 bits per heavy atom. The second kappa shape index (κ2) is 8.42. The number of carbonyl (C=O) groups is 3. The van der Waals surface area contributed by atoms with Gasteiger partial charge in [-0.3, -0.25) is 29.4 Å². The molecule has 2 aromatic rings. The molecule has 1 N–H and O–H groups in total. The number of urea groups is 1. The van der Waals surface area contributed by atoms with E-state index in [9.17, 15) is 14.4 Å². The minimum Gasteiger partial charge on any atom is -0.459 e. The molecule has 3 heterocycles. The topological polar surface area (TPSA) is 100 Å². The molecule has 2 aliphatic heterocycles. The van der Waals surface area contributed by atoms with Crippen LogP contribution in [0.4, 0.5) is 16.3 Å². The van der Waals surface area contributed by atoms with Gasteiger partial charge in [0, 0.05) is 57.3 Å². The maximum absolute atomic E-state index is 12.3. The molecule has 0 radical (unpaired) electrons. The predicted molar refractivity (Wildman–Crippen MR) is 121 cm³/mol.